The van der Waals surface area contributed by atoms with Gasteiger partial charge in [-0.3, -0.25) is 0 Å². The lowest BCUT2D eigenvalue weighted by atomic mass is 9.81. The molecule has 3 nitrogen and oxygen atoms in total. The van der Waals surface area contributed by atoms with Crippen LogP contribution in [0, 0.1) is 11.3 Å². The van der Waals surface area contributed by atoms with Gasteiger partial charge in [-0.1, -0.05) is 6.92 Å². The molecule has 2 unspecified atom stereocenters. The van der Waals surface area contributed by atoms with E-state index in [0.29, 0.717) is 18.1 Å². The fraction of sp³-hybridized carbons (Fsp3) is 0.588. The van der Waals surface area contributed by atoms with Gasteiger partial charge in [0.25, 0.3) is 0 Å². The molecule has 1 N–H and O–H groups in total. The molecule has 1 aromatic carbocycles. The van der Waals surface area contributed by atoms with Crippen LogP contribution in [0.25, 0.3) is 0 Å². The average Bonchev–Trinajstić information content (AvgIpc) is 2.47. The van der Waals surface area contributed by atoms with Crippen LogP contribution in [0.2, 0.25) is 0 Å². The van der Waals surface area contributed by atoms with Gasteiger partial charge in [-0.25, -0.2) is 0 Å². The third-order valence-corrected chi connectivity index (χ3v) is 4.76. The second-order valence-electron chi connectivity index (χ2n) is 6.03. The molecule has 2 bridgehead atoms. The standard InChI is InChI=1S/C17H23N3/c1-2-19-14-10-16-4-3-5-17(11-14)20(16)15-8-6-13(12-18)7-9-15/h6-9,14,16-17,19H,2-5,10-11H2,1H3. The van der Waals surface area contributed by atoms with E-state index in [1.807, 2.05) is 12.1 Å². The average molecular weight is 269 g/mol. The van der Waals surface area contributed by atoms with Crippen molar-refractivity contribution in [2.45, 2.75) is 57.2 Å². The number of hydrogen-bond acceptors (Lipinski definition) is 3. The molecule has 0 aromatic heterocycles. The Morgan fingerprint density at radius 2 is 1.85 bits per heavy atom. The van der Waals surface area contributed by atoms with Crippen molar-refractivity contribution >= 4 is 5.69 Å². The summed E-state index contributed by atoms with van der Waals surface area (Å²) in [5.74, 6) is 0. The van der Waals surface area contributed by atoms with E-state index in [2.05, 4.69) is 35.3 Å². The summed E-state index contributed by atoms with van der Waals surface area (Å²) in [5, 5.41) is 12.6. The number of anilines is 1. The molecule has 0 spiro atoms. The molecular formula is C17H23N3. The Balaban J connectivity index is 1.80. The molecule has 0 aliphatic carbocycles. The second kappa shape index (κ2) is 5.85. The van der Waals surface area contributed by atoms with Gasteiger partial charge in [0.2, 0.25) is 0 Å². The van der Waals surface area contributed by atoms with E-state index in [1.54, 1.807) is 0 Å². The van der Waals surface area contributed by atoms with Gasteiger partial charge < -0.3 is 10.2 Å². The van der Waals surface area contributed by atoms with Crippen LogP contribution in [0.5, 0.6) is 0 Å². The summed E-state index contributed by atoms with van der Waals surface area (Å²) in [6.07, 6.45) is 6.48. The molecule has 0 radical (unpaired) electrons. The molecule has 3 rings (SSSR count). The highest BCUT2D eigenvalue weighted by atomic mass is 15.2. The van der Waals surface area contributed by atoms with Gasteiger partial charge in [0, 0.05) is 23.8 Å². The molecule has 2 heterocycles. The van der Waals surface area contributed by atoms with E-state index in [1.165, 1.54) is 37.8 Å². The predicted molar refractivity (Wildman–Crippen MR) is 81.8 cm³/mol. The minimum Gasteiger partial charge on any atom is -0.365 e. The first kappa shape index (κ1) is 13.5. The van der Waals surface area contributed by atoms with Crippen molar-refractivity contribution in [1.29, 1.82) is 5.26 Å². The smallest absolute Gasteiger partial charge is 0.0991 e. The molecular weight excluding hydrogens is 246 g/mol. The first-order chi connectivity index (χ1) is 9.81. The zero-order valence-corrected chi connectivity index (χ0v) is 12.2. The molecule has 2 aliphatic heterocycles. The van der Waals surface area contributed by atoms with Crippen molar-refractivity contribution in [3.8, 4) is 6.07 Å². The minimum absolute atomic E-state index is 0.666. The van der Waals surface area contributed by atoms with Gasteiger partial charge in [-0.15, -0.1) is 0 Å². The van der Waals surface area contributed by atoms with Crippen molar-refractivity contribution in [1.82, 2.24) is 5.32 Å². The first-order valence-corrected chi connectivity index (χ1v) is 7.83. The largest absolute Gasteiger partial charge is 0.365 e. The van der Waals surface area contributed by atoms with Crippen molar-refractivity contribution in [2.75, 3.05) is 11.4 Å². The molecule has 20 heavy (non-hydrogen) atoms. The zero-order chi connectivity index (χ0) is 13.9. The van der Waals surface area contributed by atoms with E-state index < -0.39 is 0 Å². The van der Waals surface area contributed by atoms with Crippen LogP contribution in [0.1, 0.15) is 44.6 Å². The Hall–Kier alpha value is -1.53. The highest BCUT2D eigenvalue weighted by molar-refractivity contribution is 5.52. The number of nitriles is 1. The van der Waals surface area contributed by atoms with Crippen LogP contribution in [0.15, 0.2) is 24.3 Å². The summed E-state index contributed by atoms with van der Waals surface area (Å²) < 4.78 is 0. The van der Waals surface area contributed by atoms with Crippen LogP contribution < -0.4 is 10.2 Å². The predicted octanol–water partition coefficient (Wildman–Crippen LogP) is 3.06. The molecule has 2 saturated heterocycles. The van der Waals surface area contributed by atoms with E-state index in [0.717, 1.165) is 12.1 Å². The molecule has 2 aliphatic rings. The molecule has 1 aromatic rings. The van der Waals surface area contributed by atoms with Crippen LogP contribution in [-0.2, 0) is 0 Å². The van der Waals surface area contributed by atoms with E-state index in [-0.39, 0.29) is 0 Å². The molecule has 0 amide bonds. The number of benzene rings is 1. The van der Waals surface area contributed by atoms with E-state index >= 15 is 0 Å². The van der Waals surface area contributed by atoms with Gasteiger partial charge in [0.05, 0.1) is 11.6 Å². The van der Waals surface area contributed by atoms with Gasteiger partial charge in [-0.2, -0.15) is 5.26 Å². The lowest BCUT2D eigenvalue weighted by Gasteiger charge is -2.50. The van der Waals surface area contributed by atoms with Gasteiger partial charge in [-0.05, 0) is 62.9 Å². The van der Waals surface area contributed by atoms with Gasteiger partial charge in [0.1, 0.15) is 0 Å². The van der Waals surface area contributed by atoms with Crippen LogP contribution in [0.3, 0.4) is 0 Å². The summed E-state index contributed by atoms with van der Waals surface area (Å²) in [5.41, 5.74) is 2.05. The third kappa shape index (κ3) is 2.53. The topological polar surface area (TPSA) is 39.1 Å². The van der Waals surface area contributed by atoms with Crippen molar-refractivity contribution in [3.63, 3.8) is 0 Å². The van der Waals surface area contributed by atoms with E-state index in [4.69, 9.17) is 5.26 Å². The van der Waals surface area contributed by atoms with Crippen molar-refractivity contribution in [3.05, 3.63) is 29.8 Å². The fourth-order valence-electron chi connectivity index (χ4n) is 3.97. The monoisotopic (exact) mass is 269 g/mol. The first-order valence-electron chi connectivity index (χ1n) is 7.83. The molecule has 3 heteroatoms. The maximum atomic E-state index is 8.92. The van der Waals surface area contributed by atoms with Crippen LogP contribution in [0.4, 0.5) is 5.69 Å². The number of hydrogen-bond donors (Lipinski definition) is 1. The number of rotatable bonds is 3. The van der Waals surface area contributed by atoms with Gasteiger partial charge in [0.15, 0.2) is 0 Å². The quantitative estimate of drug-likeness (QED) is 0.916. The normalized spacial score (nSPS) is 29.0. The summed E-state index contributed by atoms with van der Waals surface area (Å²) in [7, 11) is 0. The minimum atomic E-state index is 0.666. The molecule has 2 fully saturated rings. The third-order valence-electron chi connectivity index (χ3n) is 4.76. The summed E-state index contributed by atoms with van der Waals surface area (Å²) in [4.78, 5) is 2.62. The molecule has 106 valence electrons. The number of nitrogens with one attached hydrogen (secondary N) is 1. The maximum Gasteiger partial charge on any atom is 0.0991 e. The molecule has 0 saturated carbocycles. The Labute approximate surface area is 121 Å². The van der Waals surface area contributed by atoms with Crippen molar-refractivity contribution < 1.29 is 0 Å². The zero-order valence-electron chi connectivity index (χ0n) is 12.2. The number of nitrogens with zero attached hydrogens (tertiary/aromatic N) is 2. The Morgan fingerprint density at radius 3 is 2.40 bits per heavy atom. The lowest BCUT2D eigenvalue weighted by Crippen LogP contribution is -2.56. The fourth-order valence-corrected chi connectivity index (χ4v) is 3.97. The van der Waals surface area contributed by atoms with Gasteiger partial charge >= 0.3 is 0 Å². The van der Waals surface area contributed by atoms with E-state index in [9.17, 15) is 0 Å². The summed E-state index contributed by atoms with van der Waals surface area (Å²) in [6, 6.07) is 12.4. The Kier molecular flexibility index (Phi) is 3.93. The second-order valence-corrected chi connectivity index (χ2v) is 6.03. The molecule has 2 atom stereocenters. The maximum absolute atomic E-state index is 8.92. The summed E-state index contributed by atoms with van der Waals surface area (Å²) in [6.45, 7) is 3.27. The highest BCUT2D eigenvalue weighted by Crippen LogP contribution is 2.37. The van der Waals surface area contributed by atoms with Crippen molar-refractivity contribution in [2.24, 2.45) is 0 Å². The van der Waals surface area contributed by atoms with Crippen LogP contribution >= 0.6 is 0 Å². The Morgan fingerprint density at radius 1 is 1.20 bits per heavy atom. The SMILES string of the molecule is CCNC1CC2CCCC(C1)N2c1ccc(C#N)cc1. The lowest BCUT2D eigenvalue weighted by molar-refractivity contribution is 0.247. The number of fused-ring (bicyclic) bond motifs is 2. The highest BCUT2D eigenvalue weighted by Gasteiger charge is 2.37. The number of piperidine rings is 2. The van der Waals surface area contributed by atoms with Crippen LogP contribution in [-0.4, -0.2) is 24.7 Å². The Bertz CT molecular complexity index is 474. The summed E-state index contributed by atoms with van der Waals surface area (Å²) >= 11 is 0.